The molecule has 26 heavy (non-hydrogen) atoms. The lowest BCUT2D eigenvalue weighted by molar-refractivity contribution is -0.123. The fraction of sp³-hybridized carbons (Fsp3) is 0.263. The van der Waals surface area contributed by atoms with E-state index in [1.807, 2.05) is 18.2 Å². The SMILES string of the molecule is COc1ccc(CCNC(=O)COc2ccc(C(N)=O)cc2)cc1OC. The van der Waals surface area contributed by atoms with Gasteiger partial charge in [-0.25, -0.2) is 0 Å². The highest BCUT2D eigenvalue weighted by Gasteiger charge is 2.07. The summed E-state index contributed by atoms with van der Waals surface area (Å²) in [4.78, 5) is 22.8. The van der Waals surface area contributed by atoms with Crippen molar-refractivity contribution in [3.63, 3.8) is 0 Å². The summed E-state index contributed by atoms with van der Waals surface area (Å²) in [6.07, 6.45) is 0.652. The first kappa shape index (κ1) is 19.1. The van der Waals surface area contributed by atoms with E-state index in [2.05, 4.69) is 5.32 Å². The maximum Gasteiger partial charge on any atom is 0.257 e. The molecule has 0 saturated carbocycles. The Hall–Kier alpha value is -3.22. The Morgan fingerprint density at radius 1 is 1.00 bits per heavy atom. The van der Waals surface area contributed by atoms with Gasteiger partial charge in [0.25, 0.3) is 5.91 Å². The smallest absolute Gasteiger partial charge is 0.257 e. The predicted molar refractivity (Wildman–Crippen MR) is 96.7 cm³/mol. The molecule has 2 aromatic carbocycles. The van der Waals surface area contributed by atoms with E-state index in [9.17, 15) is 9.59 Å². The van der Waals surface area contributed by atoms with Gasteiger partial charge in [-0.3, -0.25) is 9.59 Å². The van der Waals surface area contributed by atoms with E-state index < -0.39 is 5.91 Å². The van der Waals surface area contributed by atoms with Crippen LogP contribution in [0.25, 0.3) is 0 Å². The average Bonchev–Trinajstić information content (AvgIpc) is 2.66. The van der Waals surface area contributed by atoms with Gasteiger partial charge in [-0.05, 0) is 48.4 Å². The van der Waals surface area contributed by atoms with Crippen LogP contribution < -0.4 is 25.3 Å². The normalized spacial score (nSPS) is 10.1. The van der Waals surface area contributed by atoms with Crippen LogP contribution in [0.15, 0.2) is 42.5 Å². The third-order valence-electron chi connectivity index (χ3n) is 3.69. The van der Waals surface area contributed by atoms with Crippen LogP contribution in [0.1, 0.15) is 15.9 Å². The molecule has 3 N–H and O–H groups in total. The van der Waals surface area contributed by atoms with Crippen LogP contribution in [0.3, 0.4) is 0 Å². The molecule has 0 spiro atoms. The zero-order valence-corrected chi connectivity index (χ0v) is 14.8. The second-order valence-corrected chi connectivity index (χ2v) is 5.47. The molecule has 0 aromatic heterocycles. The van der Waals surface area contributed by atoms with Gasteiger partial charge in [0.05, 0.1) is 14.2 Å². The first-order chi connectivity index (χ1) is 12.5. The van der Waals surface area contributed by atoms with Crippen molar-refractivity contribution in [2.24, 2.45) is 5.73 Å². The summed E-state index contributed by atoms with van der Waals surface area (Å²) in [6.45, 7) is 0.361. The number of primary amides is 1. The Bertz CT molecular complexity index is 759. The second kappa shape index (κ2) is 9.31. The molecule has 0 aliphatic heterocycles. The average molecular weight is 358 g/mol. The quantitative estimate of drug-likeness (QED) is 0.708. The summed E-state index contributed by atoms with van der Waals surface area (Å²) in [6, 6.07) is 11.9. The van der Waals surface area contributed by atoms with Crippen LogP contribution in [0.5, 0.6) is 17.2 Å². The molecule has 138 valence electrons. The minimum absolute atomic E-state index is 0.109. The van der Waals surface area contributed by atoms with Gasteiger partial charge in [-0.1, -0.05) is 6.07 Å². The molecule has 0 atom stereocenters. The van der Waals surface area contributed by atoms with Crippen LogP contribution >= 0.6 is 0 Å². The van der Waals surface area contributed by atoms with Gasteiger partial charge in [0.2, 0.25) is 5.91 Å². The summed E-state index contributed by atoms with van der Waals surface area (Å²) in [5.41, 5.74) is 6.57. The van der Waals surface area contributed by atoms with Crippen LogP contribution in [-0.4, -0.2) is 39.2 Å². The molecular formula is C19H22N2O5. The van der Waals surface area contributed by atoms with Crippen molar-refractivity contribution in [3.8, 4) is 17.2 Å². The number of hydrogen-bond donors (Lipinski definition) is 2. The van der Waals surface area contributed by atoms with E-state index >= 15 is 0 Å². The molecule has 7 heteroatoms. The number of hydrogen-bond acceptors (Lipinski definition) is 5. The van der Waals surface area contributed by atoms with Crippen molar-refractivity contribution in [3.05, 3.63) is 53.6 Å². The molecule has 0 aliphatic rings. The van der Waals surface area contributed by atoms with Crippen molar-refractivity contribution >= 4 is 11.8 Å². The molecular weight excluding hydrogens is 336 g/mol. The van der Waals surface area contributed by atoms with E-state index in [4.69, 9.17) is 19.9 Å². The van der Waals surface area contributed by atoms with Gasteiger partial charge in [0.15, 0.2) is 18.1 Å². The number of carbonyl (C=O) groups is 2. The van der Waals surface area contributed by atoms with Gasteiger partial charge < -0.3 is 25.3 Å². The molecule has 0 unspecified atom stereocenters. The van der Waals surface area contributed by atoms with Gasteiger partial charge >= 0.3 is 0 Å². The van der Waals surface area contributed by atoms with Crippen LogP contribution in [0.4, 0.5) is 0 Å². The lowest BCUT2D eigenvalue weighted by Gasteiger charge is -2.10. The van der Waals surface area contributed by atoms with E-state index in [-0.39, 0.29) is 12.5 Å². The first-order valence-corrected chi connectivity index (χ1v) is 8.03. The lowest BCUT2D eigenvalue weighted by Crippen LogP contribution is -2.30. The number of rotatable bonds is 9. The third-order valence-corrected chi connectivity index (χ3v) is 3.69. The van der Waals surface area contributed by atoms with E-state index in [0.717, 1.165) is 5.56 Å². The van der Waals surface area contributed by atoms with E-state index in [1.165, 1.54) is 0 Å². The highest BCUT2D eigenvalue weighted by molar-refractivity contribution is 5.92. The Balaban J connectivity index is 1.76. The molecule has 2 aromatic rings. The third kappa shape index (κ3) is 5.41. The zero-order chi connectivity index (χ0) is 18.9. The molecule has 0 heterocycles. The number of methoxy groups -OCH3 is 2. The molecule has 2 amide bonds. The molecule has 0 saturated heterocycles. The highest BCUT2D eigenvalue weighted by atomic mass is 16.5. The summed E-state index contributed by atoms with van der Waals surface area (Å²) in [5.74, 6) is 1.06. The minimum Gasteiger partial charge on any atom is -0.493 e. The van der Waals surface area contributed by atoms with Gasteiger partial charge in [0.1, 0.15) is 5.75 Å². The van der Waals surface area contributed by atoms with Crippen molar-refractivity contribution in [2.75, 3.05) is 27.4 Å². The largest absolute Gasteiger partial charge is 0.493 e. The maximum atomic E-state index is 11.9. The molecule has 0 fully saturated rings. The molecule has 0 aliphatic carbocycles. The number of amides is 2. The predicted octanol–water partition coefficient (Wildman–Crippen LogP) is 1.54. The summed E-state index contributed by atoms with van der Waals surface area (Å²) in [5, 5.41) is 2.79. The zero-order valence-electron chi connectivity index (χ0n) is 14.8. The van der Waals surface area contributed by atoms with Gasteiger partial charge in [-0.15, -0.1) is 0 Å². The lowest BCUT2D eigenvalue weighted by atomic mass is 10.1. The maximum absolute atomic E-state index is 11.9. The number of nitrogens with two attached hydrogens (primary N) is 1. The molecule has 0 bridgehead atoms. The molecule has 0 radical (unpaired) electrons. The Kier molecular flexibility index (Phi) is 6.84. The van der Waals surface area contributed by atoms with Crippen LogP contribution in [0.2, 0.25) is 0 Å². The van der Waals surface area contributed by atoms with Crippen molar-refractivity contribution in [1.82, 2.24) is 5.32 Å². The van der Waals surface area contributed by atoms with Gasteiger partial charge in [0, 0.05) is 12.1 Å². The van der Waals surface area contributed by atoms with Crippen molar-refractivity contribution in [2.45, 2.75) is 6.42 Å². The van der Waals surface area contributed by atoms with Gasteiger partial charge in [-0.2, -0.15) is 0 Å². The number of nitrogens with one attached hydrogen (secondary N) is 1. The number of carbonyl (C=O) groups excluding carboxylic acids is 2. The van der Waals surface area contributed by atoms with Crippen molar-refractivity contribution in [1.29, 1.82) is 0 Å². The first-order valence-electron chi connectivity index (χ1n) is 8.03. The highest BCUT2D eigenvalue weighted by Crippen LogP contribution is 2.27. The Morgan fingerprint density at radius 2 is 1.69 bits per heavy atom. The van der Waals surface area contributed by atoms with Crippen LogP contribution in [-0.2, 0) is 11.2 Å². The van der Waals surface area contributed by atoms with Crippen molar-refractivity contribution < 1.29 is 23.8 Å². The number of benzene rings is 2. The Morgan fingerprint density at radius 3 is 2.31 bits per heavy atom. The minimum atomic E-state index is -0.510. The van der Waals surface area contributed by atoms with Crippen LogP contribution in [0, 0.1) is 0 Å². The summed E-state index contributed by atoms with van der Waals surface area (Å²) < 4.78 is 15.8. The fourth-order valence-electron chi connectivity index (χ4n) is 2.30. The van der Waals surface area contributed by atoms with E-state index in [0.29, 0.717) is 35.8 Å². The summed E-state index contributed by atoms with van der Waals surface area (Å²) in [7, 11) is 3.16. The standard InChI is InChI=1S/C19H22N2O5/c1-24-16-8-3-13(11-17(16)25-2)9-10-21-18(22)12-26-15-6-4-14(5-7-15)19(20)23/h3-8,11H,9-10,12H2,1-2H3,(H2,20,23)(H,21,22). The molecule has 2 rings (SSSR count). The Labute approximate surface area is 152 Å². The monoisotopic (exact) mass is 358 g/mol. The topological polar surface area (TPSA) is 99.9 Å². The summed E-state index contributed by atoms with van der Waals surface area (Å²) >= 11 is 0. The molecule has 7 nitrogen and oxygen atoms in total. The van der Waals surface area contributed by atoms with E-state index in [1.54, 1.807) is 38.5 Å². The number of ether oxygens (including phenoxy) is 3. The second-order valence-electron chi connectivity index (χ2n) is 5.47. The fourth-order valence-corrected chi connectivity index (χ4v) is 2.30.